The van der Waals surface area contributed by atoms with Gasteiger partial charge in [0.2, 0.25) is 0 Å². The molecule has 0 spiro atoms. The van der Waals surface area contributed by atoms with Gasteiger partial charge in [0.05, 0.1) is 6.54 Å². The summed E-state index contributed by atoms with van der Waals surface area (Å²) in [6.07, 6.45) is 0. The van der Waals surface area contributed by atoms with Crippen LogP contribution in [0, 0.1) is 5.41 Å². The van der Waals surface area contributed by atoms with Crippen LogP contribution in [0.4, 0.5) is 0 Å². The van der Waals surface area contributed by atoms with Crippen LogP contribution in [0.1, 0.15) is 10.4 Å². The van der Waals surface area contributed by atoms with Gasteiger partial charge in [-0.05, 0) is 12.1 Å². The zero-order valence-corrected chi connectivity index (χ0v) is 7.08. The standard InChI is InChI=1S/C9H11N3O/c10-8(11)6-12-9(13)7-4-2-1-3-5-7/h1-5H,6H2,(H3,10,11)(H,12,13). The number of benzene rings is 1. The smallest absolute Gasteiger partial charge is 0.251 e. The van der Waals surface area contributed by atoms with Gasteiger partial charge in [-0.15, -0.1) is 0 Å². The lowest BCUT2D eigenvalue weighted by Crippen LogP contribution is -2.32. The lowest BCUT2D eigenvalue weighted by Gasteiger charge is -2.02. The first-order chi connectivity index (χ1) is 6.20. The molecule has 0 aliphatic heterocycles. The fourth-order valence-corrected chi connectivity index (χ4v) is 0.867. The van der Waals surface area contributed by atoms with Gasteiger partial charge in [-0.25, -0.2) is 0 Å². The Balaban J connectivity index is 2.54. The van der Waals surface area contributed by atoms with E-state index in [0.29, 0.717) is 5.56 Å². The summed E-state index contributed by atoms with van der Waals surface area (Å²) in [5.41, 5.74) is 5.66. The highest BCUT2D eigenvalue weighted by atomic mass is 16.1. The molecule has 4 N–H and O–H groups in total. The molecule has 13 heavy (non-hydrogen) atoms. The monoisotopic (exact) mass is 177 g/mol. The Labute approximate surface area is 76.3 Å². The van der Waals surface area contributed by atoms with Crippen LogP contribution in [-0.4, -0.2) is 18.3 Å². The molecule has 1 rings (SSSR count). The van der Waals surface area contributed by atoms with Crippen LogP contribution in [0.3, 0.4) is 0 Å². The van der Waals surface area contributed by atoms with Gasteiger partial charge in [0, 0.05) is 5.56 Å². The summed E-state index contributed by atoms with van der Waals surface area (Å²) in [6.45, 7) is 0.0910. The van der Waals surface area contributed by atoms with E-state index >= 15 is 0 Å². The maximum Gasteiger partial charge on any atom is 0.251 e. The maximum absolute atomic E-state index is 11.3. The lowest BCUT2D eigenvalue weighted by atomic mass is 10.2. The van der Waals surface area contributed by atoms with Crippen molar-refractivity contribution in [2.24, 2.45) is 5.73 Å². The number of carbonyl (C=O) groups is 1. The van der Waals surface area contributed by atoms with Crippen molar-refractivity contribution in [1.29, 1.82) is 5.41 Å². The predicted molar refractivity (Wildman–Crippen MR) is 50.7 cm³/mol. The molecule has 4 heteroatoms. The van der Waals surface area contributed by atoms with Gasteiger partial charge in [-0.3, -0.25) is 10.2 Å². The summed E-state index contributed by atoms with van der Waals surface area (Å²) in [4.78, 5) is 11.3. The SMILES string of the molecule is N=C(N)CNC(=O)c1ccccc1. The first-order valence-corrected chi connectivity index (χ1v) is 3.86. The predicted octanol–water partition coefficient (Wildman–Crippen LogP) is 0.352. The van der Waals surface area contributed by atoms with E-state index in [1.165, 1.54) is 0 Å². The van der Waals surface area contributed by atoms with Crippen molar-refractivity contribution in [2.45, 2.75) is 0 Å². The number of rotatable bonds is 3. The van der Waals surface area contributed by atoms with Crippen molar-refractivity contribution in [1.82, 2.24) is 5.32 Å². The van der Waals surface area contributed by atoms with Crippen LogP contribution in [-0.2, 0) is 0 Å². The van der Waals surface area contributed by atoms with E-state index in [9.17, 15) is 4.79 Å². The average molecular weight is 177 g/mol. The Morgan fingerprint density at radius 2 is 2.00 bits per heavy atom. The molecule has 68 valence electrons. The van der Waals surface area contributed by atoms with Gasteiger partial charge < -0.3 is 11.1 Å². The second kappa shape index (κ2) is 4.25. The second-order valence-corrected chi connectivity index (χ2v) is 2.57. The van der Waals surface area contributed by atoms with E-state index in [4.69, 9.17) is 11.1 Å². The molecule has 4 nitrogen and oxygen atoms in total. The molecular weight excluding hydrogens is 166 g/mol. The average Bonchev–Trinajstić information content (AvgIpc) is 2.15. The Hall–Kier alpha value is -1.84. The molecule has 0 heterocycles. The van der Waals surface area contributed by atoms with Gasteiger partial charge in [0.15, 0.2) is 0 Å². The van der Waals surface area contributed by atoms with Gasteiger partial charge in [-0.2, -0.15) is 0 Å². The van der Waals surface area contributed by atoms with Crippen LogP contribution in [0.2, 0.25) is 0 Å². The fourth-order valence-electron chi connectivity index (χ4n) is 0.867. The number of amides is 1. The molecule has 1 aromatic carbocycles. The number of carbonyl (C=O) groups excluding carboxylic acids is 1. The Morgan fingerprint density at radius 3 is 2.54 bits per heavy atom. The molecule has 0 atom stereocenters. The molecule has 1 amide bonds. The van der Waals surface area contributed by atoms with E-state index < -0.39 is 0 Å². The highest BCUT2D eigenvalue weighted by molar-refractivity contribution is 5.96. The quantitative estimate of drug-likeness (QED) is 0.460. The summed E-state index contributed by atoms with van der Waals surface area (Å²) in [7, 11) is 0. The van der Waals surface area contributed by atoms with Crippen LogP contribution in [0.25, 0.3) is 0 Å². The first kappa shape index (κ1) is 9.25. The lowest BCUT2D eigenvalue weighted by molar-refractivity contribution is 0.0959. The van der Waals surface area contributed by atoms with E-state index in [0.717, 1.165) is 0 Å². The maximum atomic E-state index is 11.3. The minimum absolute atomic E-state index is 0.0516. The zero-order chi connectivity index (χ0) is 9.68. The first-order valence-electron chi connectivity index (χ1n) is 3.86. The van der Waals surface area contributed by atoms with Crippen LogP contribution in [0.15, 0.2) is 30.3 Å². The third kappa shape index (κ3) is 2.94. The summed E-state index contributed by atoms with van der Waals surface area (Å²) in [5, 5.41) is 9.42. The molecule has 0 bridgehead atoms. The van der Waals surface area contributed by atoms with Crippen molar-refractivity contribution in [3.63, 3.8) is 0 Å². The third-order valence-electron chi connectivity index (χ3n) is 1.48. The zero-order valence-electron chi connectivity index (χ0n) is 7.08. The summed E-state index contributed by atoms with van der Waals surface area (Å²) in [6, 6.07) is 8.80. The molecule has 0 aliphatic carbocycles. The highest BCUT2D eigenvalue weighted by Gasteiger charge is 2.02. The largest absolute Gasteiger partial charge is 0.386 e. The molecule has 1 aromatic rings. The van der Waals surface area contributed by atoms with Crippen molar-refractivity contribution < 1.29 is 4.79 Å². The van der Waals surface area contributed by atoms with Crippen molar-refractivity contribution in [2.75, 3.05) is 6.54 Å². The van der Waals surface area contributed by atoms with E-state index in [1.54, 1.807) is 24.3 Å². The fraction of sp³-hybridized carbons (Fsp3) is 0.111. The van der Waals surface area contributed by atoms with Gasteiger partial charge in [0.25, 0.3) is 5.91 Å². The van der Waals surface area contributed by atoms with Gasteiger partial charge >= 0.3 is 0 Å². The Morgan fingerprint density at radius 1 is 1.38 bits per heavy atom. The van der Waals surface area contributed by atoms with Gasteiger partial charge in [-0.1, -0.05) is 18.2 Å². The minimum atomic E-state index is -0.212. The summed E-state index contributed by atoms with van der Waals surface area (Å²) >= 11 is 0. The van der Waals surface area contributed by atoms with Gasteiger partial charge in [0.1, 0.15) is 5.84 Å². The summed E-state index contributed by atoms with van der Waals surface area (Å²) in [5.74, 6) is -0.264. The summed E-state index contributed by atoms with van der Waals surface area (Å²) < 4.78 is 0. The normalized spacial score (nSPS) is 9.23. The van der Waals surface area contributed by atoms with E-state index in [-0.39, 0.29) is 18.3 Å². The number of hydrogen-bond acceptors (Lipinski definition) is 2. The van der Waals surface area contributed by atoms with Crippen LogP contribution < -0.4 is 11.1 Å². The number of amidine groups is 1. The van der Waals surface area contributed by atoms with Crippen molar-refractivity contribution in [3.8, 4) is 0 Å². The Kier molecular flexibility index (Phi) is 3.03. The Bertz CT molecular complexity index is 308. The second-order valence-electron chi connectivity index (χ2n) is 2.57. The molecule has 0 aliphatic rings. The molecule has 0 saturated carbocycles. The highest BCUT2D eigenvalue weighted by Crippen LogP contribution is 1.96. The molecule has 0 aromatic heterocycles. The molecule has 0 fully saturated rings. The minimum Gasteiger partial charge on any atom is -0.386 e. The number of hydrogen-bond donors (Lipinski definition) is 3. The van der Waals surface area contributed by atoms with E-state index in [2.05, 4.69) is 5.32 Å². The molecular formula is C9H11N3O. The van der Waals surface area contributed by atoms with Crippen LogP contribution >= 0.6 is 0 Å². The molecule has 0 radical (unpaired) electrons. The molecule has 0 unspecified atom stereocenters. The third-order valence-corrected chi connectivity index (χ3v) is 1.48. The number of nitrogens with two attached hydrogens (primary N) is 1. The molecule has 0 saturated heterocycles. The number of nitrogens with one attached hydrogen (secondary N) is 2. The van der Waals surface area contributed by atoms with Crippen molar-refractivity contribution in [3.05, 3.63) is 35.9 Å². The van der Waals surface area contributed by atoms with Crippen LogP contribution in [0.5, 0.6) is 0 Å². The van der Waals surface area contributed by atoms with E-state index in [1.807, 2.05) is 6.07 Å². The topological polar surface area (TPSA) is 79.0 Å². The van der Waals surface area contributed by atoms with Crippen molar-refractivity contribution >= 4 is 11.7 Å².